The number of nitrogens with zero attached hydrogens (tertiary/aromatic N) is 5. The highest BCUT2D eigenvalue weighted by Gasteiger charge is 2.52. The number of quaternary nitrogens is 1. The Morgan fingerprint density at radius 3 is 2.80 bits per heavy atom. The van der Waals surface area contributed by atoms with Crippen molar-refractivity contribution in [2.24, 2.45) is 5.92 Å². The third kappa shape index (κ3) is 3.70. The second-order valence-corrected chi connectivity index (χ2v) is 7.90. The van der Waals surface area contributed by atoms with Crippen molar-refractivity contribution in [1.29, 1.82) is 0 Å². The number of hydrogen-bond donors (Lipinski definition) is 4. The van der Waals surface area contributed by atoms with Crippen molar-refractivity contribution in [2.75, 3.05) is 31.9 Å². The Hall–Kier alpha value is -2.78. The van der Waals surface area contributed by atoms with Gasteiger partial charge in [-0.1, -0.05) is 5.92 Å². The molecule has 4 heterocycles. The average molecular weight is 417 g/mol. The lowest BCUT2D eigenvalue weighted by Crippen LogP contribution is -2.42. The summed E-state index contributed by atoms with van der Waals surface area (Å²) in [5.74, 6) is 3.98. The number of hydrogen-bond acceptors (Lipinski definition) is 8. The molecule has 0 radical (unpaired) electrons. The number of aliphatic carboxylic acids is 1. The van der Waals surface area contributed by atoms with E-state index in [1.54, 1.807) is 11.5 Å². The SMILES string of the molecule is CC#CC(CC[N+]1(C[C@H]2O[C@@H](n3cnc4c(N)ncnc43)C(O)C2O)CC1)C(=O)O. The summed E-state index contributed by atoms with van der Waals surface area (Å²) in [6, 6.07) is 0. The number of aliphatic hydroxyl groups excluding tert-OH is 2. The minimum Gasteiger partial charge on any atom is -0.480 e. The molecular formula is C19H25N6O5+. The molecule has 2 aromatic rings. The molecule has 2 aliphatic rings. The van der Waals surface area contributed by atoms with E-state index in [-0.39, 0.29) is 5.82 Å². The molecule has 160 valence electrons. The largest absolute Gasteiger partial charge is 0.480 e. The highest BCUT2D eigenvalue weighted by molar-refractivity contribution is 5.81. The molecule has 0 amide bonds. The Balaban J connectivity index is 1.46. The maximum Gasteiger partial charge on any atom is 0.318 e. The van der Waals surface area contributed by atoms with Crippen LogP contribution in [0.5, 0.6) is 0 Å². The molecule has 2 fully saturated rings. The maximum absolute atomic E-state index is 11.3. The third-order valence-corrected chi connectivity index (χ3v) is 5.93. The van der Waals surface area contributed by atoms with Gasteiger partial charge >= 0.3 is 5.97 Å². The maximum atomic E-state index is 11.3. The molecule has 11 heteroatoms. The molecule has 0 saturated carbocycles. The quantitative estimate of drug-likeness (QED) is 0.251. The van der Waals surface area contributed by atoms with E-state index < -0.39 is 36.4 Å². The van der Waals surface area contributed by atoms with Crippen LogP contribution in [0.2, 0.25) is 0 Å². The van der Waals surface area contributed by atoms with Gasteiger partial charge in [-0.2, -0.15) is 0 Å². The Labute approximate surface area is 172 Å². The first-order valence-corrected chi connectivity index (χ1v) is 9.80. The summed E-state index contributed by atoms with van der Waals surface area (Å²) in [6.45, 7) is 4.47. The van der Waals surface area contributed by atoms with Gasteiger partial charge in [0.05, 0.1) is 12.9 Å². The summed E-state index contributed by atoms with van der Waals surface area (Å²) in [5.41, 5.74) is 6.63. The summed E-state index contributed by atoms with van der Waals surface area (Å²) < 4.78 is 8.20. The predicted octanol–water partition coefficient (Wildman–Crippen LogP) is -1.03. The van der Waals surface area contributed by atoms with Crippen LogP contribution < -0.4 is 5.73 Å². The van der Waals surface area contributed by atoms with E-state index in [2.05, 4.69) is 26.8 Å². The molecule has 5 N–H and O–H groups in total. The number of imidazole rings is 1. The molecule has 30 heavy (non-hydrogen) atoms. The van der Waals surface area contributed by atoms with Crippen molar-refractivity contribution in [2.45, 2.75) is 37.9 Å². The van der Waals surface area contributed by atoms with Crippen molar-refractivity contribution >= 4 is 23.0 Å². The van der Waals surface area contributed by atoms with Crippen LogP contribution in [-0.4, -0.2) is 89.8 Å². The lowest BCUT2D eigenvalue weighted by atomic mass is 10.1. The number of ether oxygens (including phenoxy) is 1. The molecular weight excluding hydrogens is 392 g/mol. The Morgan fingerprint density at radius 2 is 2.13 bits per heavy atom. The molecule has 3 unspecified atom stereocenters. The molecule has 5 atom stereocenters. The number of fused-ring (bicyclic) bond motifs is 1. The molecule has 11 nitrogen and oxygen atoms in total. The minimum absolute atomic E-state index is 0.222. The number of nitrogens with two attached hydrogens (primary N) is 1. The van der Waals surface area contributed by atoms with Crippen molar-refractivity contribution < 1.29 is 29.3 Å². The summed E-state index contributed by atoms with van der Waals surface area (Å²) in [6.07, 6.45) is -0.533. The van der Waals surface area contributed by atoms with Gasteiger partial charge in [0.15, 0.2) is 17.7 Å². The molecule has 4 rings (SSSR count). The van der Waals surface area contributed by atoms with Gasteiger partial charge in [-0.05, 0) is 6.92 Å². The first kappa shape index (κ1) is 20.5. The van der Waals surface area contributed by atoms with E-state index in [0.29, 0.717) is 35.2 Å². The number of aliphatic hydroxyl groups is 2. The van der Waals surface area contributed by atoms with Gasteiger partial charge in [0.1, 0.15) is 55.7 Å². The van der Waals surface area contributed by atoms with E-state index in [9.17, 15) is 20.1 Å². The van der Waals surface area contributed by atoms with Crippen molar-refractivity contribution in [3.63, 3.8) is 0 Å². The van der Waals surface area contributed by atoms with Crippen LogP contribution in [0.4, 0.5) is 5.82 Å². The van der Waals surface area contributed by atoms with E-state index in [0.717, 1.165) is 13.1 Å². The number of aromatic nitrogens is 4. The highest BCUT2D eigenvalue weighted by Crippen LogP contribution is 2.35. The lowest BCUT2D eigenvalue weighted by molar-refractivity contribution is -0.804. The number of carboxylic acid groups (broad SMARTS) is 1. The summed E-state index contributed by atoms with van der Waals surface area (Å²) in [4.78, 5) is 23.6. The van der Waals surface area contributed by atoms with Crippen molar-refractivity contribution in [1.82, 2.24) is 19.5 Å². The fourth-order valence-corrected chi connectivity index (χ4v) is 4.02. The Bertz CT molecular complexity index is 1010. The van der Waals surface area contributed by atoms with Gasteiger partial charge in [-0.3, -0.25) is 9.36 Å². The van der Waals surface area contributed by atoms with Gasteiger partial charge in [-0.15, -0.1) is 5.92 Å². The second-order valence-electron chi connectivity index (χ2n) is 7.90. The fraction of sp³-hybridized carbons (Fsp3) is 0.579. The molecule has 2 aliphatic heterocycles. The predicted molar refractivity (Wildman–Crippen MR) is 105 cm³/mol. The van der Waals surface area contributed by atoms with E-state index >= 15 is 0 Å². The second kappa shape index (κ2) is 7.81. The van der Waals surface area contributed by atoms with Crippen LogP contribution in [0, 0.1) is 17.8 Å². The first-order valence-electron chi connectivity index (χ1n) is 9.80. The smallest absolute Gasteiger partial charge is 0.318 e. The normalized spacial score (nSPS) is 28.1. The van der Waals surface area contributed by atoms with Crippen LogP contribution in [0.25, 0.3) is 11.2 Å². The van der Waals surface area contributed by atoms with Gasteiger partial charge < -0.3 is 30.3 Å². The number of rotatable bonds is 7. The van der Waals surface area contributed by atoms with Crippen LogP contribution in [0.15, 0.2) is 12.7 Å². The lowest BCUT2D eigenvalue weighted by Gasteiger charge is -2.24. The Kier molecular flexibility index (Phi) is 5.33. The molecule has 0 spiro atoms. The monoisotopic (exact) mass is 417 g/mol. The standard InChI is InChI=1S/C19H24N6O5/c1-2-3-11(19(28)29)4-5-25(6-7-25)8-12-14(26)15(27)18(30-12)24-10-23-13-16(20)21-9-22-17(13)24/h9-12,14-15,18,26-27H,4-8H2,1H3,(H2-,20,21,22,28,29)/p+1/t11?,12-,14?,15?,18-/m1/s1. The number of nitrogen functional groups attached to an aromatic ring is 1. The van der Waals surface area contributed by atoms with E-state index in [1.807, 2.05) is 0 Å². The van der Waals surface area contributed by atoms with Crippen LogP contribution in [-0.2, 0) is 9.53 Å². The molecule has 2 saturated heterocycles. The summed E-state index contributed by atoms with van der Waals surface area (Å²) in [7, 11) is 0. The first-order chi connectivity index (χ1) is 14.3. The molecule has 0 aliphatic carbocycles. The van der Waals surface area contributed by atoms with Crippen molar-refractivity contribution in [3.8, 4) is 11.8 Å². The van der Waals surface area contributed by atoms with Gasteiger partial charge in [0.25, 0.3) is 0 Å². The van der Waals surface area contributed by atoms with Gasteiger partial charge in [-0.25, -0.2) is 15.0 Å². The van der Waals surface area contributed by atoms with Crippen molar-refractivity contribution in [3.05, 3.63) is 12.7 Å². The molecule has 0 aromatic carbocycles. The summed E-state index contributed by atoms with van der Waals surface area (Å²) >= 11 is 0. The Morgan fingerprint density at radius 1 is 1.37 bits per heavy atom. The van der Waals surface area contributed by atoms with E-state index in [4.69, 9.17) is 10.5 Å². The average Bonchev–Trinajstić information content (AvgIpc) is 3.25. The zero-order chi connectivity index (χ0) is 21.5. The van der Waals surface area contributed by atoms with Gasteiger partial charge in [0, 0.05) is 6.42 Å². The zero-order valence-electron chi connectivity index (χ0n) is 16.5. The van der Waals surface area contributed by atoms with Crippen LogP contribution in [0.1, 0.15) is 19.6 Å². The third-order valence-electron chi connectivity index (χ3n) is 5.93. The zero-order valence-corrected chi connectivity index (χ0v) is 16.5. The number of carbonyl (C=O) groups is 1. The molecule has 2 aromatic heterocycles. The number of anilines is 1. The summed E-state index contributed by atoms with van der Waals surface area (Å²) in [5, 5.41) is 30.5. The van der Waals surface area contributed by atoms with Crippen LogP contribution >= 0.6 is 0 Å². The molecule has 0 bridgehead atoms. The fourth-order valence-electron chi connectivity index (χ4n) is 4.02. The number of carboxylic acids is 1. The van der Waals surface area contributed by atoms with E-state index in [1.165, 1.54) is 12.7 Å². The highest BCUT2D eigenvalue weighted by atomic mass is 16.6. The van der Waals surface area contributed by atoms with Gasteiger partial charge in [0.2, 0.25) is 0 Å². The van der Waals surface area contributed by atoms with Crippen LogP contribution in [0.3, 0.4) is 0 Å². The minimum atomic E-state index is -1.17. The topological polar surface area (TPSA) is 157 Å².